The van der Waals surface area contributed by atoms with Gasteiger partial charge in [-0.15, -0.1) is 0 Å². The molecule has 1 heterocycles. The second kappa shape index (κ2) is 4.94. The Morgan fingerprint density at radius 2 is 2.12 bits per heavy atom. The zero-order chi connectivity index (χ0) is 12.6. The van der Waals surface area contributed by atoms with Crippen LogP contribution in [0.4, 0.5) is 4.39 Å². The van der Waals surface area contributed by atoms with Gasteiger partial charge in [0.25, 0.3) is 0 Å². The summed E-state index contributed by atoms with van der Waals surface area (Å²) in [5.74, 6) is -0.292. The first-order valence-electron chi connectivity index (χ1n) is 5.13. The van der Waals surface area contributed by atoms with Crippen molar-refractivity contribution in [1.29, 1.82) is 0 Å². The highest BCUT2D eigenvalue weighted by Crippen LogP contribution is 2.22. The third-order valence-corrected chi connectivity index (χ3v) is 4.58. The summed E-state index contributed by atoms with van der Waals surface area (Å²) in [5, 5.41) is 4.81. The number of rotatable bonds is 2. The Hall–Kier alpha value is -0.620. The van der Waals surface area contributed by atoms with Crippen molar-refractivity contribution in [2.24, 2.45) is 0 Å². The van der Waals surface area contributed by atoms with E-state index in [-0.39, 0.29) is 5.82 Å². The summed E-state index contributed by atoms with van der Waals surface area (Å²) in [6.07, 6.45) is 0. The van der Waals surface area contributed by atoms with Gasteiger partial charge in [-0.2, -0.15) is 5.10 Å². The molecule has 0 bridgehead atoms. The molecule has 0 radical (unpaired) electrons. The van der Waals surface area contributed by atoms with Crippen molar-refractivity contribution >= 4 is 34.2 Å². The molecule has 0 fully saturated rings. The average Bonchev–Trinajstić information content (AvgIpc) is 2.52. The van der Waals surface area contributed by atoms with E-state index in [1.165, 1.54) is 6.07 Å². The highest BCUT2D eigenvalue weighted by atomic mass is 127. The predicted molar refractivity (Wildman–Crippen MR) is 74.9 cm³/mol. The molecule has 0 spiro atoms. The van der Waals surface area contributed by atoms with Crippen LogP contribution in [-0.2, 0) is 6.54 Å². The Kier molecular flexibility index (Phi) is 3.73. The van der Waals surface area contributed by atoms with Gasteiger partial charge in [0, 0.05) is 16.3 Å². The Balaban J connectivity index is 2.41. The largest absolute Gasteiger partial charge is 0.264 e. The first-order chi connectivity index (χ1) is 8.00. The smallest absolute Gasteiger partial charge is 0.129 e. The number of nitrogens with zero attached hydrogens (tertiary/aromatic N) is 2. The molecule has 2 rings (SSSR count). The summed E-state index contributed by atoms with van der Waals surface area (Å²) in [4.78, 5) is 0. The molecule has 2 nitrogen and oxygen atoms in total. The van der Waals surface area contributed by atoms with Crippen LogP contribution in [0, 0.1) is 23.2 Å². The lowest BCUT2D eigenvalue weighted by Gasteiger charge is -2.07. The van der Waals surface area contributed by atoms with Crippen LogP contribution < -0.4 is 0 Å². The maximum Gasteiger partial charge on any atom is 0.129 e. The summed E-state index contributed by atoms with van der Waals surface area (Å²) >= 11 is 8.24. The minimum atomic E-state index is -0.292. The fourth-order valence-corrected chi connectivity index (χ4v) is 2.27. The van der Waals surface area contributed by atoms with E-state index < -0.39 is 0 Å². The fraction of sp³-hybridized carbons (Fsp3) is 0.250. The van der Waals surface area contributed by atoms with Crippen LogP contribution in [0.1, 0.15) is 17.0 Å². The van der Waals surface area contributed by atoms with Crippen LogP contribution in [0.2, 0.25) is 5.02 Å². The van der Waals surface area contributed by atoms with Crippen LogP contribution >= 0.6 is 34.2 Å². The van der Waals surface area contributed by atoms with Gasteiger partial charge in [0.05, 0.1) is 15.8 Å². The lowest BCUT2D eigenvalue weighted by molar-refractivity contribution is 0.579. The van der Waals surface area contributed by atoms with E-state index in [4.69, 9.17) is 11.6 Å². The minimum absolute atomic E-state index is 0.292. The van der Waals surface area contributed by atoms with E-state index in [1.807, 2.05) is 13.8 Å². The van der Waals surface area contributed by atoms with Gasteiger partial charge in [-0.05, 0) is 48.6 Å². The Labute approximate surface area is 118 Å². The molecular weight excluding hydrogens is 354 g/mol. The molecule has 0 saturated carbocycles. The number of benzene rings is 1. The van der Waals surface area contributed by atoms with Gasteiger partial charge in [0.2, 0.25) is 0 Å². The third kappa shape index (κ3) is 2.47. The average molecular weight is 365 g/mol. The second-order valence-corrected chi connectivity index (χ2v) is 5.33. The number of halogens is 3. The van der Waals surface area contributed by atoms with Gasteiger partial charge in [-0.1, -0.05) is 17.7 Å². The SMILES string of the molecule is Cc1nn(Cc2c(F)cccc2Cl)c(C)c1I. The van der Waals surface area contributed by atoms with Gasteiger partial charge in [-0.25, -0.2) is 4.39 Å². The van der Waals surface area contributed by atoms with Gasteiger partial charge in [0.1, 0.15) is 5.82 Å². The monoisotopic (exact) mass is 364 g/mol. The molecule has 0 unspecified atom stereocenters. The van der Waals surface area contributed by atoms with Crippen molar-refractivity contribution in [3.8, 4) is 0 Å². The molecule has 5 heteroatoms. The van der Waals surface area contributed by atoms with Gasteiger partial charge in [0.15, 0.2) is 0 Å². The van der Waals surface area contributed by atoms with E-state index in [9.17, 15) is 4.39 Å². The quantitative estimate of drug-likeness (QED) is 0.738. The van der Waals surface area contributed by atoms with Crippen LogP contribution in [-0.4, -0.2) is 9.78 Å². The molecule has 0 aliphatic carbocycles. The fourth-order valence-electron chi connectivity index (χ4n) is 1.66. The molecule has 0 atom stereocenters. The first-order valence-corrected chi connectivity index (χ1v) is 6.58. The minimum Gasteiger partial charge on any atom is -0.264 e. The summed E-state index contributed by atoms with van der Waals surface area (Å²) in [6.45, 7) is 4.27. The highest BCUT2D eigenvalue weighted by Gasteiger charge is 2.12. The Morgan fingerprint density at radius 1 is 1.41 bits per heavy atom. The normalized spacial score (nSPS) is 10.9. The number of hydrogen-bond acceptors (Lipinski definition) is 1. The molecule has 0 saturated heterocycles. The van der Waals surface area contributed by atoms with E-state index in [0.717, 1.165) is 15.0 Å². The molecule has 0 amide bonds. The molecule has 0 aliphatic heterocycles. The van der Waals surface area contributed by atoms with Crippen molar-refractivity contribution in [2.45, 2.75) is 20.4 Å². The molecule has 90 valence electrons. The van der Waals surface area contributed by atoms with Crippen molar-refractivity contribution in [1.82, 2.24) is 9.78 Å². The van der Waals surface area contributed by atoms with Gasteiger partial charge >= 0.3 is 0 Å². The number of aryl methyl sites for hydroxylation is 1. The second-order valence-electron chi connectivity index (χ2n) is 3.84. The third-order valence-electron chi connectivity index (χ3n) is 2.66. The number of aromatic nitrogens is 2. The molecule has 1 aromatic carbocycles. The van der Waals surface area contributed by atoms with Crippen LogP contribution in [0.3, 0.4) is 0 Å². The van der Waals surface area contributed by atoms with Crippen LogP contribution in [0.15, 0.2) is 18.2 Å². The molecular formula is C12H11ClFIN2. The molecule has 17 heavy (non-hydrogen) atoms. The van der Waals surface area contributed by atoms with E-state index >= 15 is 0 Å². The molecule has 2 aromatic rings. The van der Waals surface area contributed by atoms with Crippen LogP contribution in [0.5, 0.6) is 0 Å². The molecule has 1 aromatic heterocycles. The van der Waals surface area contributed by atoms with E-state index in [2.05, 4.69) is 27.7 Å². The number of hydrogen-bond donors (Lipinski definition) is 0. The Morgan fingerprint density at radius 3 is 2.65 bits per heavy atom. The summed E-state index contributed by atoms with van der Waals surface area (Å²) in [5.41, 5.74) is 2.47. The zero-order valence-corrected chi connectivity index (χ0v) is 12.4. The van der Waals surface area contributed by atoms with Crippen molar-refractivity contribution in [3.63, 3.8) is 0 Å². The molecule has 0 N–H and O–H groups in total. The standard InChI is InChI=1S/C12H11ClFIN2/c1-7-12(15)8(2)17(16-7)6-9-10(13)4-3-5-11(9)14/h3-5H,6H2,1-2H3. The first kappa shape index (κ1) is 12.8. The van der Waals surface area contributed by atoms with Crippen molar-refractivity contribution in [2.75, 3.05) is 0 Å². The highest BCUT2D eigenvalue weighted by molar-refractivity contribution is 14.1. The zero-order valence-electron chi connectivity index (χ0n) is 9.47. The van der Waals surface area contributed by atoms with Crippen molar-refractivity contribution in [3.05, 3.63) is 49.6 Å². The van der Waals surface area contributed by atoms with Crippen LogP contribution in [0.25, 0.3) is 0 Å². The lowest BCUT2D eigenvalue weighted by Crippen LogP contribution is -2.06. The van der Waals surface area contributed by atoms with E-state index in [0.29, 0.717) is 17.1 Å². The van der Waals surface area contributed by atoms with Gasteiger partial charge < -0.3 is 0 Å². The lowest BCUT2D eigenvalue weighted by atomic mass is 10.2. The maximum atomic E-state index is 13.6. The summed E-state index contributed by atoms with van der Waals surface area (Å²) in [7, 11) is 0. The van der Waals surface area contributed by atoms with Crippen molar-refractivity contribution < 1.29 is 4.39 Å². The van der Waals surface area contributed by atoms with E-state index in [1.54, 1.807) is 16.8 Å². The maximum absolute atomic E-state index is 13.6. The summed E-state index contributed by atoms with van der Waals surface area (Å²) < 4.78 is 16.5. The molecule has 0 aliphatic rings. The topological polar surface area (TPSA) is 17.8 Å². The summed E-state index contributed by atoms with van der Waals surface area (Å²) in [6, 6.07) is 4.71. The van der Waals surface area contributed by atoms with Gasteiger partial charge in [-0.3, -0.25) is 4.68 Å². The predicted octanol–water partition coefficient (Wildman–Crippen LogP) is 3.95. The Bertz CT molecular complexity index is 546.